The summed E-state index contributed by atoms with van der Waals surface area (Å²) in [5, 5.41) is 0. The minimum Gasteiger partial charge on any atom is -0.274 e. The topological polar surface area (TPSA) is 88.2 Å². The van der Waals surface area contributed by atoms with Gasteiger partial charge in [-0.15, -0.1) is 0 Å². The monoisotopic (exact) mass is 351 g/mol. The second kappa shape index (κ2) is 8.94. The number of amides is 1. The van der Waals surface area contributed by atoms with Gasteiger partial charge in [-0.25, -0.2) is 4.72 Å². The highest BCUT2D eigenvalue weighted by molar-refractivity contribution is 7.88. The van der Waals surface area contributed by atoms with Crippen LogP contribution < -0.4 is 9.44 Å². The Balaban J connectivity index is 1.72. The molecule has 0 unspecified atom stereocenters. The first-order valence-electron chi connectivity index (χ1n) is 8.39. The first kappa shape index (κ1) is 18.6. The number of unbranched alkanes of at least 4 members (excludes halogenated alkanes) is 3. The molecule has 1 aromatic rings. The fourth-order valence-electron chi connectivity index (χ4n) is 2.43. The molecule has 2 N–H and O–H groups in total. The smallest absolute Gasteiger partial charge is 0.274 e. The first-order valence-corrected chi connectivity index (χ1v) is 9.88. The number of pyridine rings is 1. The van der Waals surface area contributed by atoms with Gasteiger partial charge in [0.05, 0.1) is 12.2 Å². The van der Waals surface area contributed by atoms with Crippen LogP contribution in [-0.4, -0.2) is 19.3 Å². The Morgan fingerprint density at radius 1 is 1.38 bits per heavy atom. The van der Waals surface area contributed by atoms with Gasteiger partial charge in [0.15, 0.2) is 0 Å². The highest BCUT2D eigenvalue weighted by Crippen LogP contribution is 2.40. The molecule has 0 spiro atoms. The van der Waals surface area contributed by atoms with Gasteiger partial charge in [0.1, 0.15) is 0 Å². The molecule has 24 heavy (non-hydrogen) atoms. The van der Waals surface area contributed by atoms with Crippen molar-refractivity contribution in [3.8, 4) is 0 Å². The summed E-state index contributed by atoms with van der Waals surface area (Å²) >= 11 is 0. The molecule has 7 heteroatoms. The van der Waals surface area contributed by atoms with E-state index < -0.39 is 16.1 Å². The number of nitrogens with zero attached hydrogens (tertiary/aromatic N) is 1. The highest BCUT2D eigenvalue weighted by atomic mass is 32.2. The Bertz CT molecular complexity index is 659. The van der Waals surface area contributed by atoms with Gasteiger partial charge < -0.3 is 0 Å². The molecular weight excluding hydrogens is 326 g/mol. The zero-order valence-electron chi connectivity index (χ0n) is 13.9. The van der Waals surface area contributed by atoms with Gasteiger partial charge in [-0.2, -0.15) is 13.1 Å². The van der Waals surface area contributed by atoms with Gasteiger partial charge in [-0.05, 0) is 37.3 Å². The van der Waals surface area contributed by atoms with Gasteiger partial charge in [0, 0.05) is 12.1 Å². The molecule has 1 amide bonds. The van der Waals surface area contributed by atoms with Crippen molar-refractivity contribution in [2.24, 2.45) is 11.8 Å². The third-order valence-electron chi connectivity index (χ3n) is 3.94. The van der Waals surface area contributed by atoms with E-state index in [4.69, 9.17) is 0 Å². The van der Waals surface area contributed by atoms with Crippen LogP contribution in [0.4, 0.5) is 0 Å². The van der Waals surface area contributed by atoms with E-state index in [0.29, 0.717) is 12.1 Å². The lowest BCUT2D eigenvalue weighted by atomic mass is 10.2. The minimum atomic E-state index is -3.85. The van der Waals surface area contributed by atoms with Gasteiger partial charge in [0.2, 0.25) is 5.91 Å². The number of hydrogen-bond acceptors (Lipinski definition) is 4. The highest BCUT2D eigenvalue weighted by Gasteiger charge is 2.42. The number of carbonyl (C=O) groups excluding carboxylic acids is 1. The molecule has 0 bridgehead atoms. The van der Waals surface area contributed by atoms with Crippen LogP contribution in [0.3, 0.4) is 0 Å². The first-order chi connectivity index (χ1) is 11.5. The summed E-state index contributed by atoms with van der Waals surface area (Å²) in [7, 11) is -3.85. The maximum atomic E-state index is 12.0. The SMILES string of the molecule is CCCCC/C=C\[C@@H]1C[C@@H]1C(=O)NS(=O)(=O)NCc1ccccn1. The van der Waals surface area contributed by atoms with Crippen LogP contribution in [0.1, 0.15) is 44.7 Å². The third kappa shape index (κ3) is 6.41. The van der Waals surface area contributed by atoms with E-state index in [2.05, 4.69) is 27.4 Å². The fraction of sp³-hybridized carbons (Fsp3) is 0.529. The van der Waals surface area contributed by atoms with Gasteiger partial charge in [0.25, 0.3) is 0 Å². The van der Waals surface area contributed by atoms with Crippen LogP contribution in [0.25, 0.3) is 0 Å². The molecule has 1 aromatic heterocycles. The molecule has 1 aliphatic carbocycles. The predicted octanol–water partition coefficient (Wildman–Crippen LogP) is 2.30. The molecule has 1 fully saturated rings. The number of carbonyl (C=O) groups is 1. The molecule has 6 nitrogen and oxygen atoms in total. The Hall–Kier alpha value is -1.73. The maximum Gasteiger partial charge on any atom is 0.301 e. The molecule has 132 valence electrons. The van der Waals surface area contributed by atoms with Crippen molar-refractivity contribution in [3.05, 3.63) is 42.2 Å². The third-order valence-corrected chi connectivity index (χ3v) is 4.93. The van der Waals surface area contributed by atoms with Crippen LogP contribution in [0, 0.1) is 11.8 Å². The van der Waals surface area contributed by atoms with E-state index in [1.54, 1.807) is 24.4 Å². The Morgan fingerprint density at radius 2 is 2.21 bits per heavy atom. The van der Waals surface area contributed by atoms with Crippen molar-refractivity contribution < 1.29 is 13.2 Å². The quantitative estimate of drug-likeness (QED) is 0.500. The standard InChI is InChI=1S/C17H25N3O3S/c1-2-3-4-5-6-9-14-12-16(14)17(21)20-24(22,23)19-13-15-10-7-8-11-18-15/h6-11,14,16,19H,2-5,12-13H2,1H3,(H,20,21)/b9-6-/t14-,16+/m1/s1. The largest absolute Gasteiger partial charge is 0.301 e. The van der Waals surface area contributed by atoms with Crippen LogP contribution in [0.15, 0.2) is 36.5 Å². The number of hydrogen-bond donors (Lipinski definition) is 2. The van der Waals surface area contributed by atoms with Gasteiger partial charge >= 0.3 is 10.2 Å². The molecule has 2 rings (SSSR count). The molecule has 0 aromatic carbocycles. The summed E-state index contributed by atoms with van der Waals surface area (Å²) in [6.45, 7) is 2.21. The molecule has 0 saturated heterocycles. The minimum absolute atomic E-state index is 0.0505. The van der Waals surface area contributed by atoms with E-state index in [1.807, 2.05) is 6.08 Å². The van der Waals surface area contributed by atoms with Gasteiger partial charge in [-0.1, -0.05) is 38.0 Å². The molecule has 1 heterocycles. The zero-order valence-corrected chi connectivity index (χ0v) is 14.8. The van der Waals surface area contributed by atoms with E-state index in [-0.39, 0.29) is 18.4 Å². The summed E-state index contributed by atoms with van der Waals surface area (Å²) in [6, 6.07) is 5.24. The number of aromatic nitrogens is 1. The second-order valence-corrected chi connectivity index (χ2v) is 7.54. The number of nitrogens with one attached hydrogen (secondary N) is 2. The zero-order chi connectivity index (χ0) is 17.4. The van der Waals surface area contributed by atoms with Crippen molar-refractivity contribution >= 4 is 16.1 Å². The lowest BCUT2D eigenvalue weighted by Crippen LogP contribution is -2.40. The normalized spacial score (nSPS) is 20.2. The molecule has 2 atom stereocenters. The van der Waals surface area contributed by atoms with Crippen LogP contribution >= 0.6 is 0 Å². The molecule has 0 aliphatic heterocycles. The summed E-state index contributed by atoms with van der Waals surface area (Å²) in [6.07, 6.45) is 11.0. The van der Waals surface area contributed by atoms with Crippen LogP contribution in [-0.2, 0) is 21.5 Å². The summed E-state index contributed by atoms with van der Waals surface area (Å²) < 4.78 is 28.2. The molecule has 0 radical (unpaired) electrons. The van der Waals surface area contributed by atoms with Crippen molar-refractivity contribution in [3.63, 3.8) is 0 Å². The summed E-state index contributed by atoms with van der Waals surface area (Å²) in [5.41, 5.74) is 0.592. The van der Waals surface area contributed by atoms with Crippen molar-refractivity contribution in [2.75, 3.05) is 0 Å². The average Bonchev–Trinajstić information content (AvgIpc) is 3.33. The van der Waals surface area contributed by atoms with E-state index in [9.17, 15) is 13.2 Å². The molecule has 1 aliphatic rings. The lowest BCUT2D eigenvalue weighted by Gasteiger charge is -2.07. The average molecular weight is 351 g/mol. The molecular formula is C17H25N3O3S. The Morgan fingerprint density at radius 3 is 2.92 bits per heavy atom. The Labute approximate surface area is 143 Å². The van der Waals surface area contributed by atoms with Crippen LogP contribution in [0.2, 0.25) is 0 Å². The van der Waals surface area contributed by atoms with Crippen molar-refractivity contribution in [2.45, 2.75) is 45.6 Å². The van der Waals surface area contributed by atoms with E-state index in [1.165, 1.54) is 12.8 Å². The fourth-order valence-corrected chi connectivity index (χ4v) is 3.25. The van der Waals surface area contributed by atoms with E-state index in [0.717, 1.165) is 12.8 Å². The van der Waals surface area contributed by atoms with Gasteiger partial charge in [-0.3, -0.25) is 9.78 Å². The predicted molar refractivity (Wildman–Crippen MR) is 93.0 cm³/mol. The number of rotatable bonds is 10. The number of allylic oxidation sites excluding steroid dienone is 2. The van der Waals surface area contributed by atoms with Crippen LogP contribution in [0.5, 0.6) is 0 Å². The van der Waals surface area contributed by atoms with Crippen molar-refractivity contribution in [1.82, 2.24) is 14.4 Å². The summed E-state index contributed by atoms with van der Waals surface area (Å²) in [5.74, 6) is -0.511. The summed E-state index contributed by atoms with van der Waals surface area (Å²) in [4.78, 5) is 16.0. The van der Waals surface area contributed by atoms with E-state index >= 15 is 0 Å². The second-order valence-electron chi connectivity index (χ2n) is 6.04. The molecule has 1 saturated carbocycles. The van der Waals surface area contributed by atoms with Crippen molar-refractivity contribution in [1.29, 1.82) is 0 Å². The Kier molecular flexibility index (Phi) is 6.93. The maximum absolute atomic E-state index is 12.0. The lowest BCUT2D eigenvalue weighted by molar-refractivity contribution is -0.120.